The Hall–Kier alpha value is -1.49. The predicted octanol–water partition coefficient (Wildman–Crippen LogP) is 0.970. The van der Waals surface area contributed by atoms with Crippen molar-refractivity contribution in [3.8, 4) is 0 Å². The van der Waals surface area contributed by atoms with Crippen LogP contribution in [0.3, 0.4) is 0 Å². The van der Waals surface area contributed by atoms with Crippen LogP contribution >= 0.6 is 0 Å². The van der Waals surface area contributed by atoms with Gasteiger partial charge in [0.05, 0.1) is 24.1 Å². The van der Waals surface area contributed by atoms with Crippen molar-refractivity contribution in [3.05, 3.63) is 23.8 Å². The predicted molar refractivity (Wildman–Crippen MR) is 62.2 cm³/mol. The Bertz CT molecular complexity index is 397. The first-order valence-electron chi connectivity index (χ1n) is 5.80. The minimum atomic E-state index is -0.669. The van der Waals surface area contributed by atoms with E-state index in [4.69, 9.17) is 4.74 Å². The molecular weight excluding hydrogens is 218 g/mol. The molecule has 0 radical (unpaired) electrons. The quantitative estimate of drug-likeness (QED) is 0.848. The fraction of sp³-hybridized carbons (Fsp3) is 0.583. The molecular formula is C12H17N3O2. The molecule has 1 amide bonds. The summed E-state index contributed by atoms with van der Waals surface area (Å²) in [5.74, 6) is -0.0719. The van der Waals surface area contributed by atoms with E-state index in [1.807, 2.05) is 13.8 Å². The van der Waals surface area contributed by atoms with Gasteiger partial charge in [-0.15, -0.1) is 0 Å². The van der Waals surface area contributed by atoms with Gasteiger partial charge in [-0.1, -0.05) is 0 Å². The van der Waals surface area contributed by atoms with E-state index in [1.165, 1.54) is 0 Å². The second-order valence-corrected chi connectivity index (χ2v) is 4.51. The molecule has 2 heterocycles. The molecule has 1 saturated heterocycles. The highest BCUT2D eigenvalue weighted by atomic mass is 16.5. The lowest BCUT2D eigenvalue weighted by atomic mass is 10.0. The van der Waals surface area contributed by atoms with Crippen molar-refractivity contribution in [3.63, 3.8) is 0 Å². The van der Waals surface area contributed by atoms with Crippen LogP contribution in [0.4, 0.5) is 0 Å². The lowest BCUT2D eigenvalue weighted by Crippen LogP contribution is -2.43. The maximum Gasteiger partial charge on any atom is 0.252 e. The van der Waals surface area contributed by atoms with Crippen LogP contribution in [0.15, 0.2) is 12.4 Å². The van der Waals surface area contributed by atoms with Gasteiger partial charge in [-0.3, -0.25) is 14.8 Å². The highest BCUT2D eigenvalue weighted by Gasteiger charge is 2.37. The molecule has 0 aliphatic carbocycles. The van der Waals surface area contributed by atoms with E-state index >= 15 is 0 Å². The molecule has 0 bridgehead atoms. The van der Waals surface area contributed by atoms with Gasteiger partial charge in [-0.2, -0.15) is 0 Å². The highest BCUT2D eigenvalue weighted by Crippen LogP contribution is 2.24. The molecule has 92 valence electrons. The Morgan fingerprint density at radius 3 is 2.94 bits per heavy atom. The summed E-state index contributed by atoms with van der Waals surface area (Å²) >= 11 is 0. The molecule has 1 aromatic heterocycles. The maximum absolute atomic E-state index is 11.9. The number of ether oxygens (including phenoxy) is 1. The number of hydrogen-bond donors (Lipinski definition) is 1. The lowest BCUT2D eigenvalue weighted by Gasteiger charge is -2.21. The number of carbonyl (C=O) groups excluding carboxylic acids is 1. The summed E-state index contributed by atoms with van der Waals surface area (Å²) in [6.45, 7) is 4.76. The first-order valence-corrected chi connectivity index (χ1v) is 5.80. The van der Waals surface area contributed by atoms with E-state index in [0.29, 0.717) is 13.2 Å². The molecule has 1 unspecified atom stereocenters. The van der Waals surface area contributed by atoms with Crippen LogP contribution in [-0.4, -0.2) is 28.1 Å². The van der Waals surface area contributed by atoms with Crippen LogP contribution in [-0.2, 0) is 16.1 Å². The van der Waals surface area contributed by atoms with Gasteiger partial charge >= 0.3 is 0 Å². The third kappa shape index (κ3) is 2.79. The van der Waals surface area contributed by atoms with Crippen molar-refractivity contribution >= 4 is 5.91 Å². The Kier molecular flexibility index (Phi) is 3.38. The summed E-state index contributed by atoms with van der Waals surface area (Å²) in [6, 6.07) is 0. The van der Waals surface area contributed by atoms with Crippen molar-refractivity contribution in [2.24, 2.45) is 0 Å². The van der Waals surface area contributed by atoms with Crippen LogP contribution in [0.1, 0.15) is 31.2 Å². The zero-order valence-electron chi connectivity index (χ0n) is 10.2. The van der Waals surface area contributed by atoms with Gasteiger partial charge in [0.2, 0.25) is 0 Å². The second-order valence-electron chi connectivity index (χ2n) is 4.51. The van der Waals surface area contributed by atoms with Crippen molar-refractivity contribution in [1.29, 1.82) is 0 Å². The molecule has 0 spiro atoms. The number of aromatic nitrogens is 2. The highest BCUT2D eigenvalue weighted by molar-refractivity contribution is 5.84. The number of rotatable bonds is 3. The van der Waals surface area contributed by atoms with Crippen LogP contribution in [0.5, 0.6) is 0 Å². The van der Waals surface area contributed by atoms with E-state index in [9.17, 15) is 4.79 Å². The molecule has 1 aliphatic rings. The summed E-state index contributed by atoms with van der Waals surface area (Å²) in [5.41, 5.74) is 0.953. The molecule has 1 aromatic rings. The Labute approximate surface area is 101 Å². The Morgan fingerprint density at radius 2 is 2.35 bits per heavy atom. The molecule has 17 heavy (non-hydrogen) atoms. The number of carbonyl (C=O) groups is 1. The number of aryl methyl sites for hydroxylation is 1. The number of hydrogen-bond acceptors (Lipinski definition) is 4. The van der Waals surface area contributed by atoms with Gasteiger partial charge in [-0.25, -0.2) is 0 Å². The van der Waals surface area contributed by atoms with Gasteiger partial charge < -0.3 is 10.1 Å². The third-order valence-corrected chi connectivity index (χ3v) is 2.96. The van der Waals surface area contributed by atoms with Crippen molar-refractivity contribution in [1.82, 2.24) is 15.3 Å². The van der Waals surface area contributed by atoms with E-state index in [-0.39, 0.29) is 5.91 Å². The van der Waals surface area contributed by atoms with Crippen molar-refractivity contribution < 1.29 is 9.53 Å². The fourth-order valence-corrected chi connectivity index (χ4v) is 1.83. The monoisotopic (exact) mass is 235 g/mol. The van der Waals surface area contributed by atoms with Crippen molar-refractivity contribution in [2.45, 2.75) is 38.8 Å². The van der Waals surface area contributed by atoms with Gasteiger partial charge in [0.25, 0.3) is 5.91 Å². The van der Waals surface area contributed by atoms with E-state index < -0.39 is 5.60 Å². The van der Waals surface area contributed by atoms with Gasteiger partial charge in [0, 0.05) is 12.8 Å². The number of nitrogens with one attached hydrogen (secondary N) is 1. The van der Waals surface area contributed by atoms with Crippen molar-refractivity contribution in [2.75, 3.05) is 6.61 Å². The summed E-state index contributed by atoms with van der Waals surface area (Å²) < 4.78 is 5.46. The van der Waals surface area contributed by atoms with Crippen LogP contribution in [0.2, 0.25) is 0 Å². The summed E-state index contributed by atoms with van der Waals surface area (Å²) in [7, 11) is 0. The average molecular weight is 235 g/mol. The Morgan fingerprint density at radius 1 is 1.53 bits per heavy atom. The summed E-state index contributed by atoms with van der Waals surface area (Å²) in [6.07, 6.45) is 5.08. The van der Waals surface area contributed by atoms with Crippen LogP contribution < -0.4 is 5.32 Å². The Balaban J connectivity index is 1.89. The zero-order valence-corrected chi connectivity index (χ0v) is 10.2. The topological polar surface area (TPSA) is 64.1 Å². The molecule has 1 aliphatic heterocycles. The minimum absolute atomic E-state index is 0.0719. The molecule has 2 rings (SSSR count). The average Bonchev–Trinajstić information content (AvgIpc) is 2.76. The van der Waals surface area contributed by atoms with Crippen LogP contribution in [0.25, 0.3) is 0 Å². The first-order chi connectivity index (χ1) is 8.10. The molecule has 1 atom stereocenters. The zero-order chi connectivity index (χ0) is 12.3. The summed E-state index contributed by atoms with van der Waals surface area (Å²) in [5, 5.41) is 2.83. The SMILES string of the molecule is Cc1cnc(CNC(=O)C2(C)CCCO2)cn1. The van der Waals surface area contributed by atoms with E-state index in [0.717, 1.165) is 24.2 Å². The fourth-order valence-electron chi connectivity index (χ4n) is 1.83. The smallest absolute Gasteiger partial charge is 0.252 e. The largest absolute Gasteiger partial charge is 0.365 e. The number of amides is 1. The standard InChI is InChI=1S/C12H17N3O2/c1-9-6-14-10(7-13-9)8-15-11(16)12(2)4-3-5-17-12/h6-7H,3-5,8H2,1-2H3,(H,15,16). The first kappa shape index (κ1) is 12.0. The lowest BCUT2D eigenvalue weighted by molar-refractivity contribution is -0.139. The van der Waals surface area contributed by atoms with Crippen LogP contribution in [0, 0.1) is 6.92 Å². The maximum atomic E-state index is 11.9. The van der Waals surface area contributed by atoms with E-state index in [2.05, 4.69) is 15.3 Å². The van der Waals surface area contributed by atoms with Gasteiger partial charge in [0.1, 0.15) is 5.60 Å². The summed E-state index contributed by atoms with van der Waals surface area (Å²) in [4.78, 5) is 20.2. The molecule has 0 saturated carbocycles. The molecule has 5 nitrogen and oxygen atoms in total. The normalized spacial score (nSPS) is 23.6. The number of nitrogens with zero attached hydrogens (tertiary/aromatic N) is 2. The molecule has 5 heteroatoms. The van der Waals surface area contributed by atoms with Gasteiger partial charge in [0.15, 0.2) is 0 Å². The molecule has 0 aromatic carbocycles. The van der Waals surface area contributed by atoms with Gasteiger partial charge in [-0.05, 0) is 26.7 Å². The minimum Gasteiger partial charge on any atom is -0.365 e. The van der Waals surface area contributed by atoms with E-state index in [1.54, 1.807) is 12.4 Å². The third-order valence-electron chi connectivity index (χ3n) is 2.96. The molecule has 1 fully saturated rings. The molecule has 1 N–H and O–H groups in total. The second kappa shape index (κ2) is 4.79.